The molecule has 192 valence electrons. The first-order chi connectivity index (χ1) is 17.1. The number of hydrogen-bond donors (Lipinski definition) is 2. The Morgan fingerprint density at radius 2 is 1.83 bits per heavy atom. The van der Waals surface area contributed by atoms with E-state index in [1.165, 1.54) is 17.5 Å². The second-order valence-corrected chi connectivity index (χ2v) is 11.1. The predicted molar refractivity (Wildman–Crippen MR) is 124 cm³/mol. The third-order valence-electron chi connectivity index (χ3n) is 5.82. The van der Waals surface area contributed by atoms with Crippen molar-refractivity contribution in [3.8, 4) is 0 Å². The summed E-state index contributed by atoms with van der Waals surface area (Å²) in [6.07, 6.45) is 4.54. The number of aliphatic hydroxyl groups is 1. The molecule has 0 spiro atoms. The van der Waals surface area contributed by atoms with Crippen LogP contribution in [0.2, 0.25) is 0 Å². The molecule has 1 aliphatic rings. The molecule has 2 aromatic carbocycles. The Morgan fingerprint density at radius 3 is 2.47 bits per heavy atom. The molecule has 1 fully saturated rings. The molecule has 9 nitrogen and oxygen atoms in total. The monoisotopic (exact) mass is 541 g/mol. The van der Waals surface area contributed by atoms with Crippen molar-refractivity contribution in [1.29, 1.82) is 0 Å². The van der Waals surface area contributed by atoms with E-state index in [4.69, 9.17) is 5.11 Å². The molecule has 0 atom stereocenters. The van der Waals surface area contributed by atoms with E-state index in [0.29, 0.717) is 17.7 Å². The van der Waals surface area contributed by atoms with E-state index in [2.05, 4.69) is 20.8 Å². The SMILES string of the molecule is O=C(Nc1ccc(C2CCCC2)cc1)c1cc(S(=O)(=O)C(F)(F)F)ccc1Sc1nnnn1CCO. The van der Waals surface area contributed by atoms with Gasteiger partial charge in [-0.05, 0) is 76.8 Å². The van der Waals surface area contributed by atoms with Crippen LogP contribution in [0.4, 0.5) is 18.9 Å². The lowest BCUT2D eigenvalue weighted by atomic mass is 9.97. The van der Waals surface area contributed by atoms with E-state index in [1.807, 2.05) is 12.1 Å². The van der Waals surface area contributed by atoms with Crippen molar-refractivity contribution < 1.29 is 31.5 Å². The maximum atomic E-state index is 13.2. The predicted octanol–water partition coefficient (Wildman–Crippen LogP) is 4.02. The quantitative estimate of drug-likeness (QED) is 0.438. The van der Waals surface area contributed by atoms with Crippen LogP contribution in [0.3, 0.4) is 0 Å². The minimum absolute atomic E-state index is 0.0464. The maximum Gasteiger partial charge on any atom is 0.501 e. The summed E-state index contributed by atoms with van der Waals surface area (Å²) >= 11 is 0.851. The molecule has 0 saturated heterocycles. The van der Waals surface area contributed by atoms with Gasteiger partial charge >= 0.3 is 5.51 Å². The first-order valence-corrected chi connectivity index (χ1v) is 13.3. The summed E-state index contributed by atoms with van der Waals surface area (Å²) in [5, 5.41) is 22.9. The van der Waals surface area contributed by atoms with Crippen LogP contribution in [0, 0.1) is 0 Å². The average Bonchev–Trinajstić information content (AvgIpc) is 3.52. The highest BCUT2D eigenvalue weighted by Gasteiger charge is 2.47. The summed E-state index contributed by atoms with van der Waals surface area (Å²) in [6.45, 7) is -0.226. The van der Waals surface area contributed by atoms with Gasteiger partial charge in [-0.15, -0.1) is 5.10 Å². The standard InChI is InChI=1S/C22H22F3N5O4S2/c23-22(24,25)36(33,34)17-9-10-19(35-21-27-28-29-30(21)11-12-31)18(13-17)20(32)26-16-7-5-15(6-8-16)14-3-1-2-4-14/h5-10,13-14,31H,1-4,11-12H2,(H,26,32). The number of sulfone groups is 1. The molecule has 0 aliphatic heterocycles. The van der Waals surface area contributed by atoms with Crippen LogP contribution in [0.5, 0.6) is 0 Å². The molecule has 36 heavy (non-hydrogen) atoms. The number of amides is 1. The highest BCUT2D eigenvalue weighted by Crippen LogP contribution is 2.36. The Kier molecular flexibility index (Phi) is 7.66. The third-order valence-corrected chi connectivity index (χ3v) is 8.35. The highest BCUT2D eigenvalue weighted by atomic mass is 32.2. The van der Waals surface area contributed by atoms with Crippen molar-refractivity contribution in [1.82, 2.24) is 20.2 Å². The van der Waals surface area contributed by atoms with Gasteiger partial charge in [0.25, 0.3) is 15.7 Å². The van der Waals surface area contributed by atoms with Crippen molar-refractivity contribution >= 4 is 33.2 Å². The fourth-order valence-electron chi connectivity index (χ4n) is 3.98. The van der Waals surface area contributed by atoms with Crippen molar-refractivity contribution in [3.05, 3.63) is 53.6 Å². The van der Waals surface area contributed by atoms with Crippen LogP contribution in [0.25, 0.3) is 0 Å². The molecule has 4 rings (SSSR count). The molecule has 1 amide bonds. The number of halogens is 3. The molecule has 1 aromatic heterocycles. The number of benzene rings is 2. The zero-order valence-electron chi connectivity index (χ0n) is 18.8. The zero-order chi connectivity index (χ0) is 25.9. The van der Waals surface area contributed by atoms with Crippen LogP contribution < -0.4 is 5.32 Å². The topological polar surface area (TPSA) is 127 Å². The minimum atomic E-state index is -5.68. The molecular weight excluding hydrogens is 519 g/mol. The highest BCUT2D eigenvalue weighted by molar-refractivity contribution is 7.99. The molecule has 3 aromatic rings. The van der Waals surface area contributed by atoms with Crippen LogP contribution in [0.1, 0.15) is 47.5 Å². The molecule has 1 aliphatic carbocycles. The Bertz CT molecular complexity index is 1340. The molecule has 2 N–H and O–H groups in total. The van der Waals surface area contributed by atoms with Crippen molar-refractivity contribution in [3.63, 3.8) is 0 Å². The number of nitrogens with zero attached hydrogens (tertiary/aromatic N) is 4. The van der Waals surface area contributed by atoms with E-state index in [1.54, 1.807) is 12.1 Å². The van der Waals surface area contributed by atoms with Gasteiger partial charge in [0.2, 0.25) is 5.16 Å². The lowest BCUT2D eigenvalue weighted by Gasteiger charge is -2.14. The summed E-state index contributed by atoms with van der Waals surface area (Å²) in [7, 11) is -5.68. The number of alkyl halides is 3. The number of carbonyl (C=O) groups is 1. The maximum absolute atomic E-state index is 13.2. The number of nitrogens with one attached hydrogen (secondary N) is 1. The fourth-order valence-corrected chi connectivity index (χ4v) is 5.67. The molecule has 0 radical (unpaired) electrons. The van der Waals surface area contributed by atoms with E-state index >= 15 is 0 Å². The Balaban J connectivity index is 1.66. The summed E-state index contributed by atoms with van der Waals surface area (Å²) in [4.78, 5) is 12.2. The lowest BCUT2D eigenvalue weighted by molar-refractivity contribution is -0.0436. The van der Waals surface area contributed by atoms with Crippen LogP contribution in [-0.4, -0.2) is 51.8 Å². The van der Waals surface area contributed by atoms with Crippen molar-refractivity contribution in [2.24, 2.45) is 0 Å². The van der Waals surface area contributed by atoms with Gasteiger partial charge in [0, 0.05) is 10.6 Å². The minimum Gasteiger partial charge on any atom is -0.394 e. The van der Waals surface area contributed by atoms with Gasteiger partial charge in [-0.2, -0.15) is 13.2 Å². The zero-order valence-corrected chi connectivity index (χ0v) is 20.4. The summed E-state index contributed by atoms with van der Waals surface area (Å²) in [6, 6.07) is 9.77. The van der Waals surface area contributed by atoms with E-state index in [9.17, 15) is 26.4 Å². The molecule has 14 heteroatoms. The first kappa shape index (κ1) is 26.1. The number of carbonyl (C=O) groups excluding carboxylic acids is 1. The Hall–Kier alpha value is -2.97. The van der Waals surface area contributed by atoms with Gasteiger partial charge in [-0.3, -0.25) is 4.79 Å². The summed E-state index contributed by atoms with van der Waals surface area (Å²) in [5.41, 5.74) is -4.28. The Morgan fingerprint density at radius 1 is 1.14 bits per heavy atom. The number of aliphatic hydroxyl groups excluding tert-OH is 1. The molecule has 1 heterocycles. The largest absolute Gasteiger partial charge is 0.501 e. The summed E-state index contributed by atoms with van der Waals surface area (Å²) < 4.78 is 64.7. The normalized spacial score (nSPS) is 14.8. The second-order valence-electron chi connectivity index (χ2n) is 8.17. The molecule has 0 unspecified atom stereocenters. The van der Waals surface area contributed by atoms with E-state index < -0.39 is 26.1 Å². The molecule has 1 saturated carbocycles. The van der Waals surface area contributed by atoms with Crippen LogP contribution in [-0.2, 0) is 16.4 Å². The second kappa shape index (κ2) is 10.6. The van der Waals surface area contributed by atoms with Crippen molar-refractivity contribution in [2.75, 3.05) is 11.9 Å². The number of rotatable bonds is 8. The number of anilines is 1. The van der Waals surface area contributed by atoms with Gasteiger partial charge < -0.3 is 10.4 Å². The lowest BCUT2D eigenvalue weighted by Crippen LogP contribution is -2.24. The average molecular weight is 542 g/mol. The van der Waals surface area contributed by atoms with Gasteiger partial charge in [0.15, 0.2) is 0 Å². The number of hydrogen-bond acceptors (Lipinski definition) is 8. The molecule has 0 bridgehead atoms. The van der Waals surface area contributed by atoms with Crippen molar-refractivity contribution in [2.45, 2.75) is 58.6 Å². The summed E-state index contributed by atoms with van der Waals surface area (Å²) in [5.74, 6) is -0.335. The smallest absolute Gasteiger partial charge is 0.394 e. The first-order valence-electron chi connectivity index (χ1n) is 11.0. The third kappa shape index (κ3) is 5.55. The van der Waals surface area contributed by atoms with Gasteiger partial charge in [0.05, 0.1) is 23.6 Å². The van der Waals surface area contributed by atoms with Gasteiger partial charge in [-0.25, -0.2) is 13.1 Å². The van der Waals surface area contributed by atoms with Gasteiger partial charge in [0.1, 0.15) is 0 Å². The Labute approximate surface area is 209 Å². The van der Waals surface area contributed by atoms with E-state index in [0.717, 1.165) is 42.3 Å². The molecular formula is C22H22F3N5O4S2. The fraction of sp³-hybridized carbons (Fsp3) is 0.364. The van der Waals surface area contributed by atoms with Crippen LogP contribution in [0.15, 0.2) is 57.4 Å². The van der Waals surface area contributed by atoms with Gasteiger partial charge in [-0.1, -0.05) is 25.0 Å². The van der Waals surface area contributed by atoms with Crippen LogP contribution >= 0.6 is 11.8 Å². The van der Waals surface area contributed by atoms with E-state index in [-0.39, 0.29) is 28.8 Å². The number of aromatic nitrogens is 4. The number of tetrazole rings is 1.